The van der Waals surface area contributed by atoms with Gasteiger partial charge in [-0.25, -0.2) is 14.2 Å². The first-order valence-corrected chi connectivity index (χ1v) is 8.75. The molecule has 1 fully saturated rings. The number of ether oxygens (including phenoxy) is 1. The van der Waals surface area contributed by atoms with Crippen LogP contribution in [0.5, 0.6) is 0 Å². The standard InChI is InChI=1S/C17H20BrFN2O3/c1-17(2,3)24-16(22)21-6-4-10(5-7-21)15-20-14-12(19)8-11(18)9-13(14)23-15/h8-10H,4-7H2,1-3H3. The Hall–Kier alpha value is -1.63. The van der Waals surface area contributed by atoms with Gasteiger partial charge in [-0.2, -0.15) is 0 Å². The molecule has 24 heavy (non-hydrogen) atoms. The van der Waals surface area contributed by atoms with Crippen LogP contribution in [0.1, 0.15) is 45.4 Å². The van der Waals surface area contributed by atoms with Crippen LogP contribution in [0.3, 0.4) is 0 Å². The number of benzene rings is 1. The lowest BCUT2D eigenvalue weighted by atomic mass is 9.97. The molecule has 2 aromatic rings. The minimum atomic E-state index is -0.501. The summed E-state index contributed by atoms with van der Waals surface area (Å²) in [5, 5.41) is 0. The molecule has 5 nitrogen and oxygen atoms in total. The maximum Gasteiger partial charge on any atom is 0.410 e. The maximum atomic E-state index is 13.9. The lowest BCUT2D eigenvalue weighted by Crippen LogP contribution is -2.41. The number of halogens is 2. The van der Waals surface area contributed by atoms with E-state index in [0.29, 0.717) is 29.0 Å². The largest absolute Gasteiger partial charge is 0.444 e. The third-order valence-corrected chi connectivity index (χ3v) is 4.38. The number of piperidine rings is 1. The molecule has 2 heterocycles. The van der Waals surface area contributed by atoms with Gasteiger partial charge in [0.05, 0.1) is 0 Å². The van der Waals surface area contributed by atoms with Gasteiger partial charge in [0.15, 0.2) is 17.3 Å². The summed E-state index contributed by atoms with van der Waals surface area (Å²) in [6.45, 7) is 6.70. The lowest BCUT2D eigenvalue weighted by Gasteiger charge is -2.32. The second kappa shape index (κ2) is 6.35. The van der Waals surface area contributed by atoms with Gasteiger partial charge < -0.3 is 14.1 Å². The Morgan fingerprint density at radius 3 is 2.67 bits per heavy atom. The van der Waals surface area contributed by atoms with Crippen LogP contribution in [-0.2, 0) is 4.74 Å². The van der Waals surface area contributed by atoms with Gasteiger partial charge in [-0.15, -0.1) is 0 Å². The Kier molecular flexibility index (Phi) is 4.55. The van der Waals surface area contributed by atoms with E-state index in [-0.39, 0.29) is 17.5 Å². The Morgan fingerprint density at radius 2 is 2.04 bits per heavy atom. The minimum absolute atomic E-state index is 0.0780. The fraction of sp³-hybridized carbons (Fsp3) is 0.529. The number of fused-ring (bicyclic) bond motifs is 1. The zero-order valence-corrected chi connectivity index (χ0v) is 15.5. The van der Waals surface area contributed by atoms with Gasteiger partial charge in [-0.05, 0) is 45.7 Å². The van der Waals surface area contributed by atoms with Crippen molar-refractivity contribution < 1.29 is 18.3 Å². The molecule has 0 unspecified atom stereocenters. The molecule has 1 amide bonds. The van der Waals surface area contributed by atoms with Crippen molar-refractivity contribution in [3.05, 3.63) is 28.3 Å². The van der Waals surface area contributed by atoms with E-state index >= 15 is 0 Å². The Morgan fingerprint density at radius 1 is 1.38 bits per heavy atom. The summed E-state index contributed by atoms with van der Waals surface area (Å²) in [4.78, 5) is 18.1. The van der Waals surface area contributed by atoms with Crippen molar-refractivity contribution in [2.24, 2.45) is 0 Å². The quantitative estimate of drug-likeness (QED) is 0.689. The first-order chi connectivity index (χ1) is 11.2. The molecular formula is C17H20BrFN2O3. The average molecular weight is 399 g/mol. The number of carbonyl (C=O) groups excluding carboxylic acids is 1. The molecule has 0 spiro atoms. The molecule has 1 aliphatic heterocycles. The molecule has 0 atom stereocenters. The van der Waals surface area contributed by atoms with E-state index in [0.717, 1.165) is 12.8 Å². The van der Waals surface area contributed by atoms with Gasteiger partial charge in [-0.3, -0.25) is 0 Å². The third kappa shape index (κ3) is 3.71. The number of likely N-dealkylation sites (tertiary alicyclic amines) is 1. The number of amides is 1. The second-order valence-corrected chi connectivity index (χ2v) is 7.94. The monoisotopic (exact) mass is 398 g/mol. The van der Waals surface area contributed by atoms with Crippen molar-refractivity contribution in [2.75, 3.05) is 13.1 Å². The van der Waals surface area contributed by atoms with Crippen molar-refractivity contribution in [1.82, 2.24) is 9.88 Å². The number of oxazole rings is 1. The second-order valence-electron chi connectivity index (χ2n) is 7.03. The maximum absolute atomic E-state index is 13.9. The van der Waals surface area contributed by atoms with Crippen LogP contribution in [-0.4, -0.2) is 34.7 Å². The van der Waals surface area contributed by atoms with Crippen LogP contribution in [0.4, 0.5) is 9.18 Å². The highest BCUT2D eigenvalue weighted by Gasteiger charge is 2.30. The van der Waals surface area contributed by atoms with Crippen LogP contribution >= 0.6 is 15.9 Å². The zero-order valence-electron chi connectivity index (χ0n) is 13.9. The lowest BCUT2D eigenvalue weighted by molar-refractivity contribution is 0.0199. The number of nitrogens with zero attached hydrogens (tertiary/aromatic N) is 2. The third-order valence-electron chi connectivity index (χ3n) is 3.93. The molecule has 3 rings (SSSR count). The van der Waals surface area contributed by atoms with Crippen LogP contribution in [0.2, 0.25) is 0 Å². The zero-order chi connectivity index (χ0) is 17.5. The van der Waals surface area contributed by atoms with E-state index in [9.17, 15) is 9.18 Å². The number of aromatic nitrogens is 1. The summed E-state index contributed by atoms with van der Waals surface area (Å²) in [6.07, 6.45) is 1.14. The van der Waals surface area contributed by atoms with Crippen molar-refractivity contribution in [2.45, 2.75) is 45.1 Å². The molecule has 1 aromatic heterocycles. The van der Waals surface area contributed by atoms with Gasteiger partial charge >= 0.3 is 6.09 Å². The van der Waals surface area contributed by atoms with E-state index in [2.05, 4.69) is 20.9 Å². The topological polar surface area (TPSA) is 55.6 Å². The van der Waals surface area contributed by atoms with Crippen molar-refractivity contribution in [1.29, 1.82) is 0 Å². The first kappa shape index (κ1) is 17.2. The summed E-state index contributed by atoms with van der Waals surface area (Å²) >= 11 is 3.25. The van der Waals surface area contributed by atoms with Gasteiger partial charge in [0.25, 0.3) is 0 Å². The molecule has 0 saturated carbocycles. The molecule has 1 saturated heterocycles. The summed E-state index contributed by atoms with van der Waals surface area (Å²) in [6, 6.07) is 3.09. The number of carbonyl (C=O) groups is 1. The van der Waals surface area contributed by atoms with Crippen molar-refractivity contribution in [3.8, 4) is 0 Å². The molecule has 0 radical (unpaired) electrons. The van der Waals surface area contributed by atoms with E-state index in [4.69, 9.17) is 9.15 Å². The highest BCUT2D eigenvalue weighted by Crippen LogP contribution is 2.32. The van der Waals surface area contributed by atoms with E-state index in [1.807, 2.05) is 20.8 Å². The molecule has 130 valence electrons. The van der Waals surface area contributed by atoms with Gasteiger partial charge in [0, 0.05) is 23.5 Å². The molecule has 0 N–H and O–H groups in total. The van der Waals surface area contributed by atoms with Crippen LogP contribution in [0.25, 0.3) is 11.1 Å². The van der Waals surface area contributed by atoms with Crippen molar-refractivity contribution in [3.63, 3.8) is 0 Å². The fourth-order valence-electron chi connectivity index (χ4n) is 2.78. The number of hydrogen-bond donors (Lipinski definition) is 0. The summed E-state index contributed by atoms with van der Waals surface area (Å²) in [7, 11) is 0. The predicted octanol–water partition coefficient (Wildman–Crippen LogP) is 4.84. The Balaban J connectivity index is 1.69. The van der Waals surface area contributed by atoms with E-state index in [1.54, 1.807) is 11.0 Å². The first-order valence-electron chi connectivity index (χ1n) is 7.96. The van der Waals surface area contributed by atoms with Crippen molar-refractivity contribution >= 4 is 33.1 Å². The molecule has 1 aromatic carbocycles. The number of hydrogen-bond acceptors (Lipinski definition) is 4. The molecular weight excluding hydrogens is 379 g/mol. The van der Waals surface area contributed by atoms with Crippen LogP contribution in [0, 0.1) is 5.82 Å². The Bertz CT molecular complexity index is 761. The fourth-order valence-corrected chi connectivity index (χ4v) is 3.19. The average Bonchev–Trinajstić information content (AvgIpc) is 2.90. The molecule has 7 heteroatoms. The normalized spacial score (nSPS) is 16.6. The Labute approximate surface area is 148 Å². The summed E-state index contributed by atoms with van der Waals surface area (Å²) in [5.74, 6) is 0.209. The van der Waals surface area contributed by atoms with Crippen LogP contribution in [0.15, 0.2) is 21.0 Å². The van der Waals surface area contributed by atoms with E-state index in [1.165, 1.54) is 6.07 Å². The minimum Gasteiger partial charge on any atom is -0.444 e. The molecule has 0 bridgehead atoms. The highest BCUT2D eigenvalue weighted by atomic mass is 79.9. The van der Waals surface area contributed by atoms with Crippen LogP contribution < -0.4 is 0 Å². The molecule has 0 aliphatic carbocycles. The summed E-state index contributed by atoms with van der Waals surface area (Å²) < 4.78 is 25.7. The predicted molar refractivity (Wildman–Crippen MR) is 91.4 cm³/mol. The van der Waals surface area contributed by atoms with E-state index < -0.39 is 11.4 Å². The SMILES string of the molecule is CC(C)(C)OC(=O)N1CCC(c2nc3c(F)cc(Br)cc3o2)CC1. The smallest absolute Gasteiger partial charge is 0.410 e. The van der Waals surface area contributed by atoms with Gasteiger partial charge in [-0.1, -0.05) is 15.9 Å². The van der Waals surface area contributed by atoms with Gasteiger partial charge in [0.2, 0.25) is 0 Å². The molecule has 1 aliphatic rings. The summed E-state index contributed by atoms with van der Waals surface area (Å²) in [5.41, 5.74) is 0.188. The highest BCUT2D eigenvalue weighted by molar-refractivity contribution is 9.10. The number of rotatable bonds is 1. The van der Waals surface area contributed by atoms with Gasteiger partial charge in [0.1, 0.15) is 11.1 Å².